The van der Waals surface area contributed by atoms with E-state index in [9.17, 15) is 0 Å². The highest BCUT2D eigenvalue weighted by Gasteiger charge is 2.40. The molecule has 0 saturated carbocycles. The Hall–Kier alpha value is -1.56. The average molecular weight is 164 g/mol. The summed E-state index contributed by atoms with van der Waals surface area (Å²) in [4.78, 5) is 15.8. The minimum atomic E-state index is -0.983. The Morgan fingerprint density at radius 2 is 2.25 bits per heavy atom. The lowest BCUT2D eigenvalue weighted by Gasteiger charge is -2.23. The molecule has 0 aliphatic carbocycles. The number of hydrogen-bond donors (Lipinski definition) is 2. The summed E-state index contributed by atoms with van der Waals surface area (Å²) in [6.45, 7) is 0. The Kier molecular flexibility index (Phi) is 1.31. The van der Waals surface area contributed by atoms with Gasteiger partial charge in [-0.1, -0.05) is 0 Å². The Morgan fingerprint density at radius 1 is 1.42 bits per heavy atom. The second-order valence-electron chi connectivity index (χ2n) is 2.44. The zero-order valence-corrected chi connectivity index (χ0v) is 6.52. The molecule has 0 spiro atoms. The van der Waals surface area contributed by atoms with Crippen molar-refractivity contribution in [1.29, 1.82) is 0 Å². The van der Waals surface area contributed by atoms with Crippen molar-refractivity contribution in [3.8, 4) is 0 Å². The molecule has 12 heavy (non-hydrogen) atoms. The van der Waals surface area contributed by atoms with Gasteiger partial charge >= 0.3 is 0 Å². The van der Waals surface area contributed by atoms with Crippen molar-refractivity contribution in [2.45, 2.75) is 5.66 Å². The quantitative estimate of drug-likeness (QED) is 0.468. The predicted octanol–water partition coefficient (Wildman–Crippen LogP) is -1.26. The van der Waals surface area contributed by atoms with Crippen molar-refractivity contribution < 1.29 is 0 Å². The largest absolute Gasteiger partial charge is 0.373 e. The lowest BCUT2D eigenvalue weighted by molar-refractivity contribution is 0.764. The Balaban J connectivity index is 2.49. The summed E-state index contributed by atoms with van der Waals surface area (Å²) in [5, 5.41) is 2.86. The van der Waals surface area contributed by atoms with Crippen molar-refractivity contribution in [3.05, 3.63) is 0 Å². The van der Waals surface area contributed by atoms with Crippen LogP contribution in [0.4, 0.5) is 0 Å². The first kappa shape index (κ1) is 7.11. The molecule has 0 radical (unpaired) electrons. The molecular weight excluding hydrogens is 156 g/mol. The van der Waals surface area contributed by atoms with E-state index in [1.165, 1.54) is 12.7 Å². The fraction of sp³-hybridized carbons (Fsp3) is 0.333. The highest BCUT2D eigenvalue weighted by Crippen LogP contribution is 2.15. The third kappa shape index (κ3) is 0.722. The van der Waals surface area contributed by atoms with Gasteiger partial charge in [0.25, 0.3) is 0 Å². The molecule has 62 valence electrons. The predicted molar refractivity (Wildman–Crippen MR) is 47.8 cm³/mol. The van der Waals surface area contributed by atoms with E-state index in [4.69, 9.17) is 5.73 Å². The van der Waals surface area contributed by atoms with E-state index in [2.05, 4.69) is 25.3 Å². The van der Waals surface area contributed by atoms with Crippen LogP contribution in [0.1, 0.15) is 0 Å². The third-order valence-corrected chi connectivity index (χ3v) is 1.75. The molecule has 0 amide bonds. The molecule has 0 bridgehead atoms. The van der Waals surface area contributed by atoms with Gasteiger partial charge in [0.2, 0.25) is 5.66 Å². The van der Waals surface area contributed by atoms with Crippen LogP contribution in [0.2, 0.25) is 0 Å². The number of likely N-dealkylation sites (N-methyl/N-ethyl adjacent to an activating group) is 1. The van der Waals surface area contributed by atoms with Crippen LogP contribution in [0.5, 0.6) is 0 Å². The maximum absolute atomic E-state index is 5.88. The first-order valence-electron chi connectivity index (χ1n) is 3.47. The number of nitrogens with two attached hydrogens (primary N) is 1. The SMILES string of the molecule is CNC1=NC=NC2=NC=NC21N. The van der Waals surface area contributed by atoms with Gasteiger partial charge in [-0.25, -0.2) is 20.0 Å². The summed E-state index contributed by atoms with van der Waals surface area (Å²) >= 11 is 0. The average Bonchev–Trinajstić information content (AvgIpc) is 2.45. The third-order valence-electron chi connectivity index (χ3n) is 1.75. The molecule has 6 heteroatoms. The summed E-state index contributed by atoms with van der Waals surface area (Å²) in [6.07, 6.45) is 2.80. The Labute approximate surface area is 69.0 Å². The highest BCUT2D eigenvalue weighted by atomic mass is 15.3. The minimum absolute atomic E-state index is 0.474. The Bertz CT molecular complexity index is 325. The van der Waals surface area contributed by atoms with E-state index in [-0.39, 0.29) is 0 Å². The van der Waals surface area contributed by atoms with E-state index >= 15 is 0 Å². The molecular formula is C6H8N6. The molecule has 2 heterocycles. The maximum atomic E-state index is 5.88. The zero-order chi connectivity index (χ0) is 8.60. The van der Waals surface area contributed by atoms with E-state index in [1.807, 2.05) is 0 Å². The summed E-state index contributed by atoms with van der Waals surface area (Å²) < 4.78 is 0. The van der Waals surface area contributed by atoms with E-state index in [0.717, 1.165) is 0 Å². The minimum Gasteiger partial charge on any atom is -0.373 e. The summed E-state index contributed by atoms with van der Waals surface area (Å²) in [6, 6.07) is 0. The van der Waals surface area contributed by atoms with Crippen LogP contribution in [0.3, 0.4) is 0 Å². The molecule has 2 aliphatic heterocycles. The van der Waals surface area contributed by atoms with Crippen molar-refractivity contribution in [2.75, 3.05) is 7.05 Å². The fourth-order valence-corrected chi connectivity index (χ4v) is 1.12. The smallest absolute Gasteiger partial charge is 0.228 e. The molecule has 0 aromatic carbocycles. The van der Waals surface area contributed by atoms with Gasteiger partial charge in [-0.05, 0) is 0 Å². The second kappa shape index (κ2) is 2.21. The number of rotatable bonds is 0. The van der Waals surface area contributed by atoms with Gasteiger partial charge in [-0.2, -0.15) is 0 Å². The number of fused-ring (bicyclic) bond motifs is 1. The summed E-state index contributed by atoms with van der Waals surface area (Å²) in [7, 11) is 1.73. The topological polar surface area (TPSA) is 87.5 Å². The molecule has 2 rings (SSSR count). The van der Waals surface area contributed by atoms with Gasteiger partial charge in [0.05, 0.1) is 0 Å². The van der Waals surface area contributed by atoms with Crippen molar-refractivity contribution in [2.24, 2.45) is 25.7 Å². The number of amidine groups is 2. The molecule has 0 aromatic heterocycles. The summed E-state index contributed by atoms with van der Waals surface area (Å²) in [5.41, 5.74) is 4.90. The molecule has 2 aliphatic rings. The molecule has 0 aromatic rings. The van der Waals surface area contributed by atoms with Gasteiger partial charge in [-0.15, -0.1) is 0 Å². The van der Waals surface area contributed by atoms with Crippen molar-refractivity contribution in [3.63, 3.8) is 0 Å². The molecule has 6 nitrogen and oxygen atoms in total. The number of nitrogens with one attached hydrogen (secondary N) is 1. The zero-order valence-electron chi connectivity index (χ0n) is 6.52. The van der Waals surface area contributed by atoms with E-state index in [0.29, 0.717) is 11.7 Å². The van der Waals surface area contributed by atoms with Gasteiger partial charge in [0.1, 0.15) is 12.7 Å². The first-order chi connectivity index (χ1) is 5.77. The van der Waals surface area contributed by atoms with Crippen LogP contribution >= 0.6 is 0 Å². The van der Waals surface area contributed by atoms with Crippen molar-refractivity contribution >= 4 is 24.3 Å². The van der Waals surface area contributed by atoms with Gasteiger partial charge in [-0.3, -0.25) is 5.73 Å². The molecule has 1 atom stereocenters. The van der Waals surface area contributed by atoms with Crippen molar-refractivity contribution in [1.82, 2.24) is 5.32 Å². The van der Waals surface area contributed by atoms with Gasteiger partial charge in [0, 0.05) is 7.05 Å². The summed E-state index contributed by atoms with van der Waals surface area (Å²) in [5.74, 6) is 1.03. The maximum Gasteiger partial charge on any atom is 0.228 e. The fourth-order valence-electron chi connectivity index (χ4n) is 1.12. The standard InChI is InChI=1S/C6H8N6/c1-8-4-6(7)5(10-2-9-4)11-3-12-6/h2-3H,7H2,1H3,(H,8,9,10,11,12). The van der Waals surface area contributed by atoms with Crippen LogP contribution in [0.15, 0.2) is 20.0 Å². The molecule has 1 unspecified atom stereocenters. The monoisotopic (exact) mass is 164 g/mol. The van der Waals surface area contributed by atoms with Crippen LogP contribution in [-0.4, -0.2) is 37.1 Å². The highest BCUT2D eigenvalue weighted by molar-refractivity contribution is 6.23. The lowest BCUT2D eigenvalue weighted by Crippen LogP contribution is -2.57. The van der Waals surface area contributed by atoms with Gasteiger partial charge in [0.15, 0.2) is 11.7 Å². The van der Waals surface area contributed by atoms with Gasteiger partial charge < -0.3 is 5.32 Å². The van der Waals surface area contributed by atoms with Crippen LogP contribution in [-0.2, 0) is 0 Å². The Morgan fingerprint density at radius 3 is 3.00 bits per heavy atom. The molecule has 0 saturated heterocycles. The number of aliphatic imine (C=N–C) groups is 4. The van der Waals surface area contributed by atoms with Crippen LogP contribution in [0.25, 0.3) is 0 Å². The van der Waals surface area contributed by atoms with E-state index in [1.54, 1.807) is 7.05 Å². The molecule has 3 N–H and O–H groups in total. The van der Waals surface area contributed by atoms with Crippen LogP contribution < -0.4 is 11.1 Å². The number of hydrogen-bond acceptors (Lipinski definition) is 6. The lowest BCUT2D eigenvalue weighted by atomic mass is 10.1. The first-order valence-corrected chi connectivity index (χ1v) is 3.47. The normalized spacial score (nSPS) is 31.2. The van der Waals surface area contributed by atoms with Crippen LogP contribution in [0, 0.1) is 0 Å². The molecule has 0 fully saturated rings. The number of nitrogens with zero attached hydrogens (tertiary/aromatic N) is 4. The van der Waals surface area contributed by atoms with E-state index < -0.39 is 5.66 Å². The second-order valence-corrected chi connectivity index (χ2v) is 2.44.